The first-order valence-corrected chi connectivity index (χ1v) is 6.00. The molecule has 0 aromatic carbocycles. The fourth-order valence-electron chi connectivity index (χ4n) is 2.94. The first-order chi connectivity index (χ1) is 6.57. The Morgan fingerprint density at radius 1 is 1.29 bits per heavy atom. The molecule has 2 nitrogen and oxygen atoms in total. The van der Waals surface area contributed by atoms with E-state index in [9.17, 15) is 0 Å². The molecule has 2 N–H and O–H groups in total. The van der Waals surface area contributed by atoms with Crippen molar-refractivity contribution in [1.29, 1.82) is 0 Å². The molecule has 3 atom stereocenters. The minimum atomic E-state index is 0.118. The lowest BCUT2D eigenvalue weighted by Crippen LogP contribution is -2.28. The molecule has 1 aliphatic heterocycles. The summed E-state index contributed by atoms with van der Waals surface area (Å²) in [7, 11) is 0. The number of ether oxygens (including phenoxy) is 1. The van der Waals surface area contributed by atoms with Gasteiger partial charge < -0.3 is 10.5 Å². The van der Waals surface area contributed by atoms with Gasteiger partial charge in [-0.2, -0.15) is 0 Å². The Morgan fingerprint density at radius 2 is 2.07 bits per heavy atom. The maximum Gasteiger partial charge on any atom is 0.0631 e. The molecule has 0 aromatic rings. The van der Waals surface area contributed by atoms with Crippen LogP contribution in [0, 0.1) is 5.92 Å². The standard InChI is InChI=1S/C12H23NO/c1-12(2)7-6-10(14-12)8-9-4-3-5-11(9)13/h9-11H,3-8,13H2,1-2H3. The van der Waals surface area contributed by atoms with Gasteiger partial charge in [-0.15, -0.1) is 0 Å². The minimum absolute atomic E-state index is 0.118. The van der Waals surface area contributed by atoms with E-state index in [1.54, 1.807) is 0 Å². The first-order valence-electron chi connectivity index (χ1n) is 6.00. The fraction of sp³-hybridized carbons (Fsp3) is 1.00. The van der Waals surface area contributed by atoms with E-state index >= 15 is 0 Å². The molecule has 0 spiro atoms. The number of hydrogen-bond donors (Lipinski definition) is 1. The average molecular weight is 197 g/mol. The zero-order chi connectivity index (χ0) is 10.2. The van der Waals surface area contributed by atoms with E-state index in [1.165, 1.54) is 38.5 Å². The highest BCUT2D eigenvalue weighted by Crippen LogP contribution is 2.36. The van der Waals surface area contributed by atoms with Gasteiger partial charge in [0.1, 0.15) is 0 Å². The van der Waals surface area contributed by atoms with E-state index in [4.69, 9.17) is 10.5 Å². The molecule has 0 bridgehead atoms. The van der Waals surface area contributed by atoms with E-state index < -0.39 is 0 Å². The summed E-state index contributed by atoms with van der Waals surface area (Å²) in [4.78, 5) is 0. The van der Waals surface area contributed by atoms with Gasteiger partial charge in [0.05, 0.1) is 11.7 Å². The van der Waals surface area contributed by atoms with Crippen molar-refractivity contribution in [3.05, 3.63) is 0 Å². The quantitative estimate of drug-likeness (QED) is 0.738. The lowest BCUT2D eigenvalue weighted by Gasteiger charge is -2.23. The van der Waals surface area contributed by atoms with Crippen LogP contribution in [0.4, 0.5) is 0 Å². The second kappa shape index (κ2) is 3.82. The number of rotatable bonds is 2. The van der Waals surface area contributed by atoms with Crippen LogP contribution in [0.3, 0.4) is 0 Å². The lowest BCUT2D eigenvalue weighted by atomic mass is 9.95. The summed E-state index contributed by atoms with van der Waals surface area (Å²) in [6.45, 7) is 4.39. The molecule has 0 radical (unpaired) electrons. The van der Waals surface area contributed by atoms with Crippen LogP contribution in [0.5, 0.6) is 0 Å². The predicted molar refractivity (Wildman–Crippen MR) is 58.1 cm³/mol. The average Bonchev–Trinajstić information content (AvgIpc) is 2.61. The van der Waals surface area contributed by atoms with Gasteiger partial charge >= 0.3 is 0 Å². The number of nitrogens with two attached hydrogens (primary N) is 1. The normalized spacial score (nSPS) is 41.8. The molecule has 0 aromatic heterocycles. The van der Waals surface area contributed by atoms with Crippen molar-refractivity contribution >= 4 is 0 Å². The van der Waals surface area contributed by atoms with Crippen LogP contribution in [0.25, 0.3) is 0 Å². The largest absolute Gasteiger partial charge is 0.372 e. The van der Waals surface area contributed by atoms with Crippen LogP contribution in [-0.2, 0) is 4.74 Å². The molecule has 1 heterocycles. The molecular weight excluding hydrogens is 174 g/mol. The van der Waals surface area contributed by atoms with Crippen molar-refractivity contribution in [2.45, 2.75) is 70.1 Å². The molecule has 3 unspecified atom stereocenters. The molecule has 14 heavy (non-hydrogen) atoms. The van der Waals surface area contributed by atoms with Gasteiger partial charge in [0.15, 0.2) is 0 Å². The van der Waals surface area contributed by atoms with Gasteiger partial charge in [0, 0.05) is 6.04 Å². The van der Waals surface area contributed by atoms with E-state index in [-0.39, 0.29) is 5.60 Å². The van der Waals surface area contributed by atoms with E-state index in [0.717, 1.165) is 5.92 Å². The maximum absolute atomic E-state index is 6.07. The molecule has 82 valence electrons. The summed E-state index contributed by atoms with van der Waals surface area (Å²) in [6, 6.07) is 0.447. The smallest absolute Gasteiger partial charge is 0.0631 e. The van der Waals surface area contributed by atoms with Crippen LogP contribution in [0.1, 0.15) is 52.4 Å². The second-order valence-corrected chi connectivity index (χ2v) is 5.63. The highest BCUT2D eigenvalue weighted by Gasteiger charge is 2.35. The fourth-order valence-corrected chi connectivity index (χ4v) is 2.94. The highest BCUT2D eigenvalue weighted by atomic mass is 16.5. The zero-order valence-corrected chi connectivity index (χ0v) is 9.46. The monoisotopic (exact) mass is 197 g/mol. The maximum atomic E-state index is 6.07. The van der Waals surface area contributed by atoms with Crippen molar-refractivity contribution in [3.8, 4) is 0 Å². The molecule has 0 amide bonds. The number of hydrogen-bond acceptors (Lipinski definition) is 2. The molecule has 2 rings (SSSR count). The van der Waals surface area contributed by atoms with Gasteiger partial charge in [-0.05, 0) is 51.9 Å². The Labute approximate surface area is 87.2 Å². The Kier molecular flexibility index (Phi) is 2.85. The third-order valence-corrected chi connectivity index (χ3v) is 3.84. The topological polar surface area (TPSA) is 35.2 Å². The van der Waals surface area contributed by atoms with Gasteiger partial charge in [0.25, 0.3) is 0 Å². The summed E-state index contributed by atoms with van der Waals surface area (Å²) < 4.78 is 6.00. The predicted octanol–water partition coefficient (Wildman–Crippen LogP) is 2.46. The highest BCUT2D eigenvalue weighted by molar-refractivity contribution is 4.87. The summed E-state index contributed by atoms with van der Waals surface area (Å²) in [5.74, 6) is 0.730. The third-order valence-electron chi connectivity index (χ3n) is 3.84. The van der Waals surface area contributed by atoms with Crippen molar-refractivity contribution in [3.63, 3.8) is 0 Å². The van der Waals surface area contributed by atoms with Gasteiger partial charge in [0.2, 0.25) is 0 Å². The SMILES string of the molecule is CC1(C)CCC(CC2CCCC2N)O1. The van der Waals surface area contributed by atoms with Crippen LogP contribution in [-0.4, -0.2) is 17.7 Å². The Hall–Kier alpha value is -0.0800. The van der Waals surface area contributed by atoms with Crippen LogP contribution in [0.15, 0.2) is 0 Å². The summed E-state index contributed by atoms with van der Waals surface area (Å²) >= 11 is 0. The van der Waals surface area contributed by atoms with E-state index in [0.29, 0.717) is 12.1 Å². The Bertz CT molecular complexity index is 202. The molecule has 1 saturated heterocycles. The van der Waals surface area contributed by atoms with Crippen molar-refractivity contribution in [2.75, 3.05) is 0 Å². The Balaban J connectivity index is 1.81. The summed E-state index contributed by atoms with van der Waals surface area (Å²) in [5.41, 5.74) is 6.19. The van der Waals surface area contributed by atoms with Gasteiger partial charge in [-0.25, -0.2) is 0 Å². The van der Waals surface area contributed by atoms with E-state index in [1.807, 2.05) is 0 Å². The van der Waals surface area contributed by atoms with Crippen LogP contribution in [0.2, 0.25) is 0 Å². The molecule has 2 fully saturated rings. The molecule has 1 aliphatic carbocycles. The molecular formula is C12H23NO. The van der Waals surface area contributed by atoms with Crippen LogP contribution < -0.4 is 5.73 Å². The lowest BCUT2D eigenvalue weighted by molar-refractivity contribution is -0.0249. The minimum Gasteiger partial charge on any atom is -0.372 e. The summed E-state index contributed by atoms with van der Waals surface area (Å²) in [6.07, 6.45) is 7.99. The molecule has 1 saturated carbocycles. The van der Waals surface area contributed by atoms with Gasteiger partial charge in [-0.1, -0.05) is 6.42 Å². The Morgan fingerprint density at radius 3 is 2.57 bits per heavy atom. The van der Waals surface area contributed by atoms with Crippen molar-refractivity contribution in [2.24, 2.45) is 11.7 Å². The third kappa shape index (κ3) is 2.29. The summed E-state index contributed by atoms with van der Waals surface area (Å²) in [5, 5.41) is 0. The zero-order valence-electron chi connectivity index (χ0n) is 9.46. The first kappa shape index (κ1) is 10.4. The van der Waals surface area contributed by atoms with Gasteiger partial charge in [-0.3, -0.25) is 0 Å². The molecule has 2 aliphatic rings. The molecule has 2 heteroatoms. The van der Waals surface area contributed by atoms with E-state index in [2.05, 4.69) is 13.8 Å². The van der Waals surface area contributed by atoms with Crippen molar-refractivity contribution < 1.29 is 4.74 Å². The van der Waals surface area contributed by atoms with Crippen LogP contribution >= 0.6 is 0 Å². The second-order valence-electron chi connectivity index (χ2n) is 5.63. The van der Waals surface area contributed by atoms with Crippen molar-refractivity contribution in [1.82, 2.24) is 0 Å².